The van der Waals surface area contributed by atoms with Crippen LogP contribution in [0.15, 0.2) is 28.2 Å². The summed E-state index contributed by atoms with van der Waals surface area (Å²) in [5, 5.41) is 1.13. The summed E-state index contributed by atoms with van der Waals surface area (Å²) in [5.74, 6) is 0.0997. The lowest BCUT2D eigenvalue weighted by Gasteiger charge is -2.13. The molecule has 2 aromatic heterocycles. The molecule has 0 aliphatic heterocycles. The van der Waals surface area contributed by atoms with Crippen LogP contribution in [-0.2, 0) is 32.7 Å². The van der Waals surface area contributed by atoms with E-state index in [0.29, 0.717) is 5.16 Å². The molecule has 0 radical (unpaired) electrons. The van der Waals surface area contributed by atoms with E-state index in [-0.39, 0.29) is 16.6 Å². The Kier molecular flexibility index (Phi) is 4.43. The smallest absolute Gasteiger partial charge is 0.262 e. The lowest BCUT2D eigenvalue weighted by molar-refractivity contribution is 0.0993. The Morgan fingerprint density at radius 3 is 2.82 bits per heavy atom. The molecule has 2 aliphatic rings. The van der Waals surface area contributed by atoms with Crippen LogP contribution >= 0.6 is 23.1 Å². The first kappa shape index (κ1) is 18.1. The summed E-state index contributed by atoms with van der Waals surface area (Å²) in [7, 11) is 1.77. The number of carbonyl (C=O) groups excluding carboxylic acids is 1. The van der Waals surface area contributed by atoms with Crippen LogP contribution in [0.3, 0.4) is 0 Å². The van der Waals surface area contributed by atoms with Gasteiger partial charge in [0.15, 0.2) is 10.9 Å². The average Bonchev–Trinajstić information content (AvgIpc) is 3.39. The van der Waals surface area contributed by atoms with E-state index >= 15 is 0 Å². The van der Waals surface area contributed by atoms with Gasteiger partial charge in [0.2, 0.25) is 0 Å². The van der Waals surface area contributed by atoms with Crippen molar-refractivity contribution in [3.05, 3.63) is 55.7 Å². The summed E-state index contributed by atoms with van der Waals surface area (Å²) in [5.41, 5.74) is 4.66. The molecule has 2 aliphatic carbocycles. The van der Waals surface area contributed by atoms with E-state index in [9.17, 15) is 9.59 Å². The molecule has 4 nitrogen and oxygen atoms in total. The molecule has 28 heavy (non-hydrogen) atoms. The summed E-state index contributed by atoms with van der Waals surface area (Å²) in [4.78, 5) is 32.8. The number of Topliss-reactive ketones (excluding diaryl/α,β-unsaturated/α-hetero) is 1. The van der Waals surface area contributed by atoms with Gasteiger partial charge in [-0.1, -0.05) is 23.9 Å². The highest BCUT2D eigenvalue weighted by atomic mass is 32.2. The van der Waals surface area contributed by atoms with Gasteiger partial charge in [-0.25, -0.2) is 4.98 Å². The average molecular weight is 411 g/mol. The minimum absolute atomic E-state index is 0.0177. The number of aromatic nitrogens is 2. The number of nitrogens with zero attached hydrogens (tertiary/aromatic N) is 2. The molecule has 1 atom stereocenters. The molecule has 0 amide bonds. The Morgan fingerprint density at radius 2 is 1.96 bits per heavy atom. The van der Waals surface area contributed by atoms with E-state index < -0.39 is 0 Å². The van der Waals surface area contributed by atoms with Crippen molar-refractivity contribution in [3.63, 3.8) is 0 Å². The summed E-state index contributed by atoms with van der Waals surface area (Å²) >= 11 is 3.03. The number of fused-ring (bicyclic) bond motifs is 4. The molecule has 1 aromatic carbocycles. The van der Waals surface area contributed by atoms with Crippen LogP contribution in [0.4, 0.5) is 0 Å². The lowest BCUT2D eigenvalue weighted by Crippen LogP contribution is -2.22. The van der Waals surface area contributed by atoms with Crippen molar-refractivity contribution in [2.45, 2.75) is 55.9 Å². The minimum Gasteiger partial charge on any atom is -0.293 e. The van der Waals surface area contributed by atoms with Crippen molar-refractivity contribution < 1.29 is 4.79 Å². The molecule has 0 bridgehead atoms. The van der Waals surface area contributed by atoms with Gasteiger partial charge in [0, 0.05) is 17.5 Å². The fourth-order valence-electron chi connectivity index (χ4n) is 4.38. The van der Waals surface area contributed by atoms with Crippen molar-refractivity contribution in [1.29, 1.82) is 0 Å². The highest BCUT2D eigenvalue weighted by molar-refractivity contribution is 8.00. The predicted octanol–water partition coefficient (Wildman–Crippen LogP) is 4.34. The second kappa shape index (κ2) is 6.85. The Balaban J connectivity index is 1.45. The van der Waals surface area contributed by atoms with E-state index in [4.69, 9.17) is 4.98 Å². The maximum Gasteiger partial charge on any atom is 0.262 e. The van der Waals surface area contributed by atoms with E-state index in [1.807, 2.05) is 13.0 Å². The van der Waals surface area contributed by atoms with Crippen LogP contribution in [0, 0.1) is 0 Å². The second-order valence-corrected chi connectivity index (χ2v) is 10.1. The van der Waals surface area contributed by atoms with Gasteiger partial charge in [0.05, 0.1) is 10.6 Å². The van der Waals surface area contributed by atoms with E-state index in [0.717, 1.165) is 47.9 Å². The highest BCUT2D eigenvalue weighted by Gasteiger charge is 2.25. The van der Waals surface area contributed by atoms with Gasteiger partial charge in [-0.15, -0.1) is 11.3 Å². The molecular formula is C22H22N2O2S2. The number of ketones is 1. The van der Waals surface area contributed by atoms with Gasteiger partial charge in [-0.2, -0.15) is 0 Å². The molecule has 0 saturated heterocycles. The number of aryl methyl sites for hydroxylation is 4. The third kappa shape index (κ3) is 2.85. The zero-order valence-corrected chi connectivity index (χ0v) is 17.7. The van der Waals surface area contributed by atoms with E-state index in [1.54, 1.807) is 23.0 Å². The number of hydrogen-bond donors (Lipinski definition) is 0. The van der Waals surface area contributed by atoms with Gasteiger partial charge in [-0.05, 0) is 68.2 Å². The molecule has 5 rings (SSSR count). The Bertz CT molecular complexity index is 1180. The molecular weight excluding hydrogens is 388 g/mol. The first-order valence-corrected chi connectivity index (χ1v) is 11.6. The van der Waals surface area contributed by atoms with Crippen LogP contribution in [0.2, 0.25) is 0 Å². The van der Waals surface area contributed by atoms with E-state index in [1.165, 1.54) is 39.8 Å². The highest BCUT2D eigenvalue weighted by Crippen LogP contribution is 2.36. The van der Waals surface area contributed by atoms with Gasteiger partial charge in [-0.3, -0.25) is 14.2 Å². The first-order chi connectivity index (χ1) is 13.5. The topological polar surface area (TPSA) is 52.0 Å². The zero-order chi connectivity index (χ0) is 19.4. The summed E-state index contributed by atoms with van der Waals surface area (Å²) in [6.45, 7) is 1.91. The van der Waals surface area contributed by atoms with Crippen molar-refractivity contribution in [3.8, 4) is 0 Å². The maximum absolute atomic E-state index is 13.0. The number of benzene rings is 1. The van der Waals surface area contributed by atoms with Crippen LogP contribution < -0.4 is 5.56 Å². The van der Waals surface area contributed by atoms with Crippen LogP contribution in [0.1, 0.15) is 51.7 Å². The second-order valence-electron chi connectivity index (χ2n) is 7.76. The van der Waals surface area contributed by atoms with Crippen LogP contribution in [0.25, 0.3) is 10.2 Å². The normalized spacial score (nSPS) is 16.4. The molecule has 0 spiro atoms. The number of thiophene rings is 1. The minimum atomic E-state index is -0.290. The summed E-state index contributed by atoms with van der Waals surface area (Å²) < 4.78 is 1.62. The number of hydrogen-bond acceptors (Lipinski definition) is 5. The number of thioether (sulfide) groups is 1. The molecule has 6 heteroatoms. The van der Waals surface area contributed by atoms with Crippen molar-refractivity contribution in [1.82, 2.24) is 9.55 Å². The summed E-state index contributed by atoms with van der Waals surface area (Å²) in [6.07, 6.45) is 6.51. The zero-order valence-electron chi connectivity index (χ0n) is 16.1. The van der Waals surface area contributed by atoms with Crippen LogP contribution in [-0.4, -0.2) is 20.6 Å². The summed E-state index contributed by atoms with van der Waals surface area (Å²) in [6, 6.07) is 6.10. The molecule has 0 fully saturated rings. The van der Waals surface area contributed by atoms with Crippen LogP contribution in [0.5, 0.6) is 0 Å². The fourth-order valence-corrected chi connectivity index (χ4v) is 6.64. The Labute approximate surface area is 172 Å². The third-order valence-electron chi connectivity index (χ3n) is 5.94. The molecule has 1 unspecified atom stereocenters. The first-order valence-electron chi connectivity index (χ1n) is 9.87. The van der Waals surface area contributed by atoms with Crippen molar-refractivity contribution >= 4 is 39.1 Å². The van der Waals surface area contributed by atoms with Gasteiger partial charge in [0.1, 0.15) is 4.83 Å². The monoisotopic (exact) mass is 410 g/mol. The molecule has 0 N–H and O–H groups in total. The molecule has 3 aromatic rings. The third-order valence-corrected chi connectivity index (χ3v) is 8.27. The number of carbonyl (C=O) groups is 1. The van der Waals surface area contributed by atoms with Gasteiger partial charge in [0.25, 0.3) is 5.56 Å². The predicted molar refractivity (Wildman–Crippen MR) is 115 cm³/mol. The van der Waals surface area contributed by atoms with Crippen molar-refractivity contribution in [2.75, 3.05) is 0 Å². The maximum atomic E-state index is 13.0. The lowest BCUT2D eigenvalue weighted by atomic mass is 10.0. The van der Waals surface area contributed by atoms with Crippen molar-refractivity contribution in [2.24, 2.45) is 7.05 Å². The van der Waals surface area contributed by atoms with Gasteiger partial charge >= 0.3 is 0 Å². The SMILES string of the molecule is CC(Sc1nc2sc3c(c2c(=O)n1C)CCC3)C(=O)c1ccc2c(c1)CCC2. The number of rotatable bonds is 4. The van der Waals surface area contributed by atoms with E-state index in [2.05, 4.69) is 12.1 Å². The Hall–Kier alpha value is -1.92. The molecule has 0 saturated carbocycles. The largest absolute Gasteiger partial charge is 0.293 e. The fraction of sp³-hybridized carbons (Fsp3) is 0.409. The quantitative estimate of drug-likeness (QED) is 0.365. The molecule has 144 valence electrons. The van der Waals surface area contributed by atoms with Gasteiger partial charge < -0.3 is 0 Å². The standard InChI is InChI=1S/C22H22N2O2S2/c1-12(19(25)15-10-9-13-5-3-6-14(13)11-15)27-22-23-20-18(21(26)24(22)2)16-7-4-8-17(16)28-20/h9-12H,3-8H2,1-2H3. The Morgan fingerprint density at radius 1 is 1.18 bits per heavy atom. The molecule has 2 heterocycles.